The van der Waals surface area contributed by atoms with Crippen LogP contribution in [0.15, 0.2) is 8.17 Å². The van der Waals surface area contributed by atoms with Crippen molar-refractivity contribution in [3.05, 3.63) is 8.17 Å². The van der Waals surface area contributed by atoms with Crippen LogP contribution in [0.2, 0.25) is 0 Å². The first-order valence-electron chi connectivity index (χ1n) is 6.83. The van der Waals surface area contributed by atoms with Gasteiger partial charge in [-0.3, -0.25) is 29.0 Å². The van der Waals surface area contributed by atoms with Crippen molar-refractivity contribution in [3.8, 4) is 0 Å². The molecule has 0 fully saturated rings. The number of rotatable bonds is 11. The van der Waals surface area contributed by atoms with Gasteiger partial charge in [0.2, 0.25) is 0 Å². The van der Waals surface area contributed by atoms with E-state index in [1.165, 1.54) is 0 Å². The van der Waals surface area contributed by atoms with E-state index in [1.54, 1.807) is 0 Å². The predicted octanol–water partition coefficient (Wildman–Crippen LogP) is 0.957. The third-order valence-corrected chi connectivity index (χ3v) is 89.6. The van der Waals surface area contributed by atoms with Gasteiger partial charge in [0.25, 0.3) is 0 Å². The van der Waals surface area contributed by atoms with Crippen LogP contribution in [0.1, 0.15) is 0 Å². The molecule has 0 amide bonds. The molecule has 0 radical (unpaired) electrons. The van der Waals surface area contributed by atoms with Gasteiger partial charge >= 0.3 is 93.0 Å². The van der Waals surface area contributed by atoms with Gasteiger partial charge < -0.3 is 20.4 Å². The Labute approximate surface area is 179 Å². The number of hydrogen-bond donors (Lipinski definition) is 4. The molecule has 156 valence electrons. The molecule has 10 nitrogen and oxygen atoms in total. The maximum absolute atomic E-state index is 10.6. The molecular formula is C12H22I4N2O8. The fourth-order valence-corrected chi connectivity index (χ4v) is 93.8. The molecular weight excluding hydrogens is 808 g/mol. The van der Waals surface area contributed by atoms with Crippen molar-refractivity contribution in [1.29, 1.82) is 0 Å². The molecule has 0 aromatic rings. The van der Waals surface area contributed by atoms with Crippen LogP contribution >= 0.6 is 61.0 Å². The largest absolute Gasteiger partial charge is 0.480 e. The van der Waals surface area contributed by atoms with Gasteiger partial charge in [0.05, 0.1) is 26.2 Å². The first-order valence-corrected chi connectivity index (χ1v) is 31.5. The van der Waals surface area contributed by atoms with Crippen molar-refractivity contribution >= 4 is 84.8 Å². The molecule has 0 saturated carbocycles. The van der Waals surface area contributed by atoms with Crippen LogP contribution in [0.25, 0.3) is 0 Å². The van der Waals surface area contributed by atoms with Crippen LogP contribution in [0, 0.1) is 0 Å². The fraction of sp³-hybridized carbons (Fsp3) is 0.500. The Morgan fingerprint density at radius 3 is 1.04 bits per heavy atom. The zero-order valence-corrected chi connectivity index (χ0v) is 22.7. The van der Waals surface area contributed by atoms with Crippen molar-refractivity contribution in [2.75, 3.05) is 39.3 Å². The quantitative estimate of drug-likeness (QED) is 0.222. The summed E-state index contributed by atoms with van der Waals surface area (Å²) in [6, 6.07) is 0. The molecule has 0 aromatic heterocycles. The average Bonchev–Trinajstić information content (AvgIpc) is 2.52. The zero-order chi connectivity index (χ0) is 19.9. The van der Waals surface area contributed by atoms with Gasteiger partial charge in [0, 0.05) is 13.1 Å². The van der Waals surface area contributed by atoms with Crippen LogP contribution in [0.3, 0.4) is 0 Å². The van der Waals surface area contributed by atoms with E-state index < -0.39 is 50.1 Å². The minimum absolute atomic E-state index is 0.0703. The van der Waals surface area contributed by atoms with Crippen LogP contribution < -0.4 is 0 Å². The molecule has 1 heterocycles. The monoisotopic (exact) mass is 830 g/mol. The topological polar surface area (TPSA) is 156 Å². The van der Waals surface area contributed by atoms with Crippen LogP contribution in [0.4, 0.5) is 0 Å². The van der Waals surface area contributed by atoms with Gasteiger partial charge in [-0.15, -0.1) is 0 Å². The van der Waals surface area contributed by atoms with E-state index in [-0.39, 0.29) is 13.1 Å². The Bertz CT molecular complexity index is 443. The summed E-state index contributed by atoms with van der Waals surface area (Å²) in [7, 11) is 0. The van der Waals surface area contributed by atoms with E-state index in [0.717, 1.165) is 36.3 Å². The maximum Gasteiger partial charge on any atom is 0.317 e. The van der Waals surface area contributed by atoms with E-state index in [4.69, 9.17) is 20.4 Å². The summed E-state index contributed by atoms with van der Waals surface area (Å²) in [6.45, 7) is -2.25. The molecule has 0 bridgehead atoms. The molecule has 0 atom stereocenters. The van der Waals surface area contributed by atoms with E-state index in [1.807, 2.05) is 0 Å². The average molecular weight is 830 g/mol. The van der Waals surface area contributed by atoms with Gasteiger partial charge in [0.15, 0.2) is 0 Å². The summed E-state index contributed by atoms with van der Waals surface area (Å²) in [5.74, 6) is -4.91. The molecule has 0 aromatic carbocycles. The van der Waals surface area contributed by atoms with Crippen LogP contribution in [0.5, 0.6) is 0 Å². The number of nitrogens with zero attached hydrogens (tertiary/aromatic N) is 2. The molecule has 14 heteroatoms. The van der Waals surface area contributed by atoms with Gasteiger partial charge in [-0.2, -0.15) is 0 Å². The number of carboxylic acid groups (broad SMARTS) is 4. The smallest absolute Gasteiger partial charge is 0.317 e. The molecule has 26 heavy (non-hydrogen) atoms. The number of carbonyl (C=O) groups is 4. The molecule has 0 spiro atoms. The number of halogens is 4. The molecule has 1 rings (SSSR count). The Kier molecular flexibility index (Phi) is 16.7. The standard InChI is InChI=1S/C10H16N2O8.C2H6I4/c13-7(14)3-11(4-8(15)16)1-2-12(5-9(17)18)6-10(19)20;1-2-4-6-5-3-1/h1-6H2,(H,13,14)(H,15,16)(H,17,18)(H,19,20);1-6H. The zero-order valence-electron chi connectivity index (χ0n) is 13.3. The van der Waals surface area contributed by atoms with Gasteiger partial charge in [0.1, 0.15) is 0 Å². The van der Waals surface area contributed by atoms with Crippen molar-refractivity contribution in [2.45, 2.75) is 0 Å². The second kappa shape index (κ2) is 16.4. The summed E-state index contributed by atoms with van der Waals surface area (Å²) in [4.78, 5) is 44.4. The van der Waals surface area contributed by atoms with E-state index >= 15 is 0 Å². The molecule has 0 unspecified atom stereocenters. The van der Waals surface area contributed by atoms with E-state index in [0.29, 0.717) is 34.5 Å². The van der Waals surface area contributed by atoms with Crippen molar-refractivity contribution < 1.29 is 39.6 Å². The maximum atomic E-state index is 10.6. The van der Waals surface area contributed by atoms with Gasteiger partial charge in [-0.05, 0) is 0 Å². The second-order valence-corrected chi connectivity index (χ2v) is 55.6. The molecule has 1 aliphatic heterocycles. The van der Waals surface area contributed by atoms with E-state index in [2.05, 4.69) is 8.17 Å². The van der Waals surface area contributed by atoms with Crippen LogP contribution in [-0.4, -0.2) is 93.4 Å². The molecule has 1 aliphatic rings. The summed E-state index contributed by atoms with van der Waals surface area (Å²) < 4.78 is 5.09. The predicted molar refractivity (Wildman–Crippen MR) is 134 cm³/mol. The Hall–Kier alpha value is 0.460. The normalized spacial score (nSPS) is 14.4. The van der Waals surface area contributed by atoms with E-state index in [9.17, 15) is 19.2 Å². The summed E-state index contributed by atoms with van der Waals surface area (Å²) in [5, 5.41) is 34.5. The van der Waals surface area contributed by atoms with Crippen LogP contribution in [-0.2, 0) is 19.2 Å². The molecule has 0 saturated heterocycles. The summed E-state index contributed by atoms with van der Waals surface area (Å²) >= 11 is 2.83. The Morgan fingerprint density at radius 1 is 0.615 bits per heavy atom. The molecule has 4 N–H and O–H groups in total. The third-order valence-electron chi connectivity index (χ3n) is 2.44. The second-order valence-electron chi connectivity index (χ2n) is 4.60. The Morgan fingerprint density at radius 2 is 0.885 bits per heavy atom. The van der Waals surface area contributed by atoms with Gasteiger partial charge in [-0.1, -0.05) is 0 Å². The van der Waals surface area contributed by atoms with Crippen molar-refractivity contribution in [1.82, 2.24) is 9.80 Å². The summed E-state index contributed by atoms with van der Waals surface area (Å²) in [5.41, 5.74) is 0. The first kappa shape index (κ1) is 26.5. The summed E-state index contributed by atoms with van der Waals surface area (Å²) in [6.07, 6.45) is 0. The number of hydrogen-bond acceptors (Lipinski definition) is 6. The molecule has 0 aliphatic carbocycles. The number of aliphatic carboxylic acids is 4. The van der Waals surface area contributed by atoms with Crippen molar-refractivity contribution in [3.63, 3.8) is 0 Å². The minimum Gasteiger partial charge on any atom is -0.480 e. The SMILES string of the molecule is C1=C[IH][IH][IH][IH]1.O=C(O)CN(CCN(CC(=O)O)CC(=O)O)CC(=O)O. The first-order chi connectivity index (χ1) is 12.2. The third kappa shape index (κ3) is 17.9. The van der Waals surface area contributed by atoms with Gasteiger partial charge in [-0.25, -0.2) is 0 Å². The Balaban J connectivity index is 0.000000867. The fourth-order valence-electron chi connectivity index (χ4n) is 1.60. The number of carboxylic acids is 4. The van der Waals surface area contributed by atoms with Crippen molar-refractivity contribution in [2.24, 2.45) is 0 Å². The minimum atomic E-state index is -1.23.